The molecule has 0 saturated heterocycles. The number of aromatic nitrogens is 3. The Morgan fingerprint density at radius 3 is 2.88 bits per heavy atom. The molecule has 0 radical (unpaired) electrons. The molecule has 1 aliphatic rings. The number of nitrogens with zero attached hydrogens (tertiary/aromatic N) is 3. The van der Waals surface area contributed by atoms with E-state index in [2.05, 4.69) is 4.98 Å². The second kappa shape index (κ2) is 6.40. The number of carboxylic acids is 1. The normalized spacial score (nSPS) is 13.8. The topological polar surface area (TPSA) is 85.1 Å². The van der Waals surface area contributed by atoms with Crippen molar-refractivity contribution in [2.24, 2.45) is 0 Å². The lowest BCUT2D eigenvalue weighted by atomic mass is 9.97. The van der Waals surface area contributed by atoms with E-state index in [1.54, 1.807) is 29.7 Å². The number of aryl methyl sites for hydroxylation is 2. The summed E-state index contributed by atoms with van der Waals surface area (Å²) in [6.45, 7) is 0.0909. The van der Waals surface area contributed by atoms with Gasteiger partial charge in [-0.05, 0) is 43.4 Å². The van der Waals surface area contributed by atoms with Gasteiger partial charge in [0.15, 0.2) is 5.82 Å². The molecule has 128 valence electrons. The van der Waals surface area contributed by atoms with E-state index < -0.39 is 5.97 Å². The van der Waals surface area contributed by atoms with Gasteiger partial charge in [-0.25, -0.2) is 4.98 Å². The second-order valence-electron chi connectivity index (χ2n) is 6.14. The second-order valence-corrected chi connectivity index (χ2v) is 7.23. The molecule has 4 rings (SSSR count). The number of thiophene rings is 1. The van der Waals surface area contributed by atoms with E-state index in [1.165, 1.54) is 9.44 Å². The summed E-state index contributed by atoms with van der Waals surface area (Å²) in [6, 6.07) is 5.42. The zero-order valence-electron chi connectivity index (χ0n) is 13.6. The molecule has 25 heavy (non-hydrogen) atoms. The average molecular weight is 355 g/mol. The Morgan fingerprint density at radius 2 is 2.12 bits per heavy atom. The Balaban J connectivity index is 1.97. The molecule has 0 fully saturated rings. The average Bonchev–Trinajstić information content (AvgIpc) is 3.00. The smallest absolute Gasteiger partial charge is 0.305 e. The van der Waals surface area contributed by atoms with Crippen molar-refractivity contribution in [3.63, 3.8) is 0 Å². The summed E-state index contributed by atoms with van der Waals surface area (Å²) in [7, 11) is 0. The number of hydrogen-bond donors (Lipinski definition) is 1. The van der Waals surface area contributed by atoms with E-state index >= 15 is 0 Å². The largest absolute Gasteiger partial charge is 0.481 e. The number of carboxylic acid groups (broad SMARTS) is 1. The highest BCUT2D eigenvalue weighted by Crippen LogP contribution is 2.34. The fourth-order valence-corrected chi connectivity index (χ4v) is 4.60. The minimum atomic E-state index is -0.939. The third-order valence-electron chi connectivity index (χ3n) is 4.52. The van der Waals surface area contributed by atoms with Gasteiger partial charge in [-0.1, -0.05) is 6.07 Å². The van der Waals surface area contributed by atoms with Gasteiger partial charge in [-0.15, -0.1) is 11.3 Å². The maximum absolute atomic E-state index is 13.2. The van der Waals surface area contributed by atoms with Crippen molar-refractivity contribution in [1.82, 2.24) is 14.5 Å². The van der Waals surface area contributed by atoms with Gasteiger partial charge in [0.2, 0.25) is 0 Å². The Kier molecular flexibility index (Phi) is 4.09. The van der Waals surface area contributed by atoms with Crippen molar-refractivity contribution in [1.29, 1.82) is 0 Å². The summed E-state index contributed by atoms with van der Waals surface area (Å²) < 4.78 is 1.47. The van der Waals surface area contributed by atoms with E-state index in [-0.39, 0.29) is 18.5 Å². The lowest BCUT2D eigenvalue weighted by Gasteiger charge is -2.13. The molecule has 0 saturated carbocycles. The highest BCUT2D eigenvalue weighted by molar-refractivity contribution is 7.18. The number of aliphatic carboxylic acids is 1. The van der Waals surface area contributed by atoms with Crippen molar-refractivity contribution >= 4 is 27.5 Å². The molecule has 0 spiro atoms. The van der Waals surface area contributed by atoms with Gasteiger partial charge in [0.1, 0.15) is 10.5 Å². The molecule has 0 aromatic carbocycles. The van der Waals surface area contributed by atoms with Gasteiger partial charge >= 0.3 is 5.97 Å². The van der Waals surface area contributed by atoms with E-state index in [9.17, 15) is 9.59 Å². The zero-order valence-corrected chi connectivity index (χ0v) is 14.4. The highest BCUT2D eigenvalue weighted by Gasteiger charge is 2.23. The fourth-order valence-electron chi connectivity index (χ4n) is 3.34. The van der Waals surface area contributed by atoms with Crippen molar-refractivity contribution in [3.8, 4) is 11.5 Å². The van der Waals surface area contributed by atoms with Crippen LogP contribution < -0.4 is 5.56 Å². The van der Waals surface area contributed by atoms with E-state index in [4.69, 9.17) is 10.1 Å². The van der Waals surface area contributed by atoms with Crippen LogP contribution in [0.25, 0.3) is 21.7 Å². The first-order valence-electron chi connectivity index (χ1n) is 8.33. The predicted molar refractivity (Wildman–Crippen MR) is 96.0 cm³/mol. The van der Waals surface area contributed by atoms with Crippen LogP contribution in [0.4, 0.5) is 0 Å². The lowest BCUT2D eigenvalue weighted by Crippen LogP contribution is -2.25. The Bertz CT molecular complexity index is 1010. The molecule has 3 heterocycles. The van der Waals surface area contributed by atoms with Gasteiger partial charge < -0.3 is 5.11 Å². The summed E-state index contributed by atoms with van der Waals surface area (Å²) in [5.74, 6) is -0.496. The standard InChI is InChI=1S/C18H17N3O3S/c22-14(23)8-10-21-16(12-6-3-4-9-19-12)20-17-15(18(21)24)11-5-1-2-7-13(11)25-17/h3-4,6,9H,1-2,5,7-8,10H2,(H,22,23). The highest BCUT2D eigenvalue weighted by atomic mass is 32.1. The van der Waals surface area contributed by atoms with Crippen molar-refractivity contribution in [3.05, 3.63) is 45.2 Å². The van der Waals surface area contributed by atoms with Gasteiger partial charge in [0.05, 0.1) is 11.8 Å². The third-order valence-corrected chi connectivity index (χ3v) is 5.70. The van der Waals surface area contributed by atoms with Crippen LogP contribution in [0.5, 0.6) is 0 Å². The van der Waals surface area contributed by atoms with Crippen LogP contribution >= 0.6 is 11.3 Å². The maximum Gasteiger partial charge on any atom is 0.305 e. The first kappa shape index (κ1) is 16.0. The van der Waals surface area contributed by atoms with Crippen molar-refractivity contribution in [2.45, 2.75) is 38.6 Å². The van der Waals surface area contributed by atoms with Crippen molar-refractivity contribution < 1.29 is 9.90 Å². The van der Waals surface area contributed by atoms with E-state index in [1.807, 2.05) is 6.07 Å². The van der Waals surface area contributed by atoms with E-state index in [0.717, 1.165) is 36.1 Å². The number of rotatable bonds is 4. The van der Waals surface area contributed by atoms with Gasteiger partial charge in [0.25, 0.3) is 5.56 Å². The minimum absolute atomic E-state index is 0.0909. The molecule has 1 aliphatic carbocycles. The van der Waals surface area contributed by atoms with Gasteiger partial charge in [-0.2, -0.15) is 0 Å². The van der Waals surface area contributed by atoms with Crippen LogP contribution in [0.2, 0.25) is 0 Å². The maximum atomic E-state index is 13.2. The summed E-state index contributed by atoms with van der Waals surface area (Å²) in [5.41, 5.74) is 1.55. The summed E-state index contributed by atoms with van der Waals surface area (Å²) in [4.78, 5) is 35.2. The number of fused-ring (bicyclic) bond motifs is 3. The first-order valence-corrected chi connectivity index (χ1v) is 9.15. The van der Waals surface area contributed by atoms with Crippen molar-refractivity contribution in [2.75, 3.05) is 0 Å². The predicted octanol–water partition coefficient (Wildman–Crippen LogP) is 2.87. The molecule has 1 N–H and O–H groups in total. The number of pyridine rings is 1. The monoisotopic (exact) mass is 355 g/mol. The molecule has 3 aromatic heterocycles. The Hall–Kier alpha value is -2.54. The van der Waals surface area contributed by atoms with Crippen LogP contribution in [0, 0.1) is 0 Å². The SMILES string of the molecule is O=C(O)CCn1c(-c2ccccn2)nc2sc3c(c2c1=O)CCCC3. The molecule has 0 bridgehead atoms. The van der Waals surface area contributed by atoms with Crippen LogP contribution in [0.3, 0.4) is 0 Å². The lowest BCUT2D eigenvalue weighted by molar-refractivity contribution is -0.137. The summed E-state index contributed by atoms with van der Waals surface area (Å²) in [6.07, 6.45) is 5.62. The van der Waals surface area contributed by atoms with Gasteiger partial charge in [-0.3, -0.25) is 19.1 Å². The third kappa shape index (κ3) is 2.84. The van der Waals surface area contributed by atoms with E-state index in [0.29, 0.717) is 16.9 Å². The fraction of sp³-hybridized carbons (Fsp3) is 0.333. The molecule has 3 aromatic rings. The summed E-state index contributed by atoms with van der Waals surface area (Å²) in [5, 5.41) is 9.71. The molecule has 0 unspecified atom stereocenters. The first-order chi connectivity index (χ1) is 12.1. The molecule has 0 amide bonds. The quantitative estimate of drug-likeness (QED) is 0.778. The van der Waals surface area contributed by atoms with Gasteiger partial charge in [0, 0.05) is 17.6 Å². The Labute approximate surface area is 147 Å². The molecular weight excluding hydrogens is 338 g/mol. The van der Waals surface area contributed by atoms with Crippen LogP contribution in [-0.2, 0) is 24.2 Å². The number of carbonyl (C=O) groups is 1. The zero-order chi connectivity index (χ0) is 17.4. The number of hydrogen-bond acceptors (Lipinski definition) is 5. The molecule has 6 nitrogen and oxygen atoms in total. The molecule has 0 atom stereocenters. The van der Waals surface area contributed by atoms with Crippen LogP contribution in [-0.4, -0.2) is 25.6 Å². The molecule has 7 heteroatoms. The Morgan fingerprint density at radius 1 is 1.28 bits per heavy atom. The van der Waals surface area contributed by atoms with Crippen LogP contribution in [0.15, 0.2) is 29.2 Å². The minimum Gasteiger partial charge on any atom is -0.481 e. The summed E-state index contributed by atoms with van der Waals surface area (Å²) >= 11 is 1.59. The molecule has 0 aliphatic heterocycles. The molecular formula is C18H17N3O3S. The van der Waals surface area contributed by atoms with Crippen LogP contribution in [0.1, 0.15) is 29.7 Å².